The topological polar surface area (TPSA) is 86.0 Å². The van der Waals surface area contributed by atoms with Crippen molar-refractivity contribution in [3.8, 4) is 6.07 Å². The second-order valence-electron chi connectivity index (χ2n) is 5.44. The molecule has 1 aromatic heterocycles. The summed E-state index contributed by atoms with van der Waals surface area (Å²) in [7, 11) is 0. The molecule has 2 rings (SSSR count). The molecule has 5 nitrogen and oxygen atoms in total. The Labute approximate surface area is 141 Å². The van der Waals surface area contributed by atoms with Gasteiger partial charge in [0, 0.05) is 17.4 Å². The summed E-state index contributed by atoms with van der Waals surface area (Å²) < 4.78 is 0. The molecule has 0 unspecified atom stereocenters. The number of para-hydroxylation sites is 1. The van der Waals surface area contributed by atoms with Gasteiger partial charge in [-0.1, -0.05) is 30.7 Å². The smallest absolute Gasteiger partial charge is 0.338 e. The van der Waals surface area contributed by atoms with E-state index < -0.39 is 5.97 Å². The van der Waals surface area contributed by atoms with Crippen LogP contribution in [-0.4, -0.2) is 16.1 Å². The van der Waals surface area contributed by atoms with Gasteiger partial charge in [-0.3, -0.25) is 0 Å². The summed E-state index contributed by atoms with van der Waals surface area (Å²) in [6, 6.07) is 11.5. The third-order valence-electron chi connectivity index (χ3n) is 4.00. The molecule has 0 atom stereocenters. The Morgan fingerprint density at radius 1 is 1.29 bits per heavy atom. The highest BCUT2D eigenvalue weighted by Crippen LogP contribution is 2.32. The number of allylic oxidation sites excluding steroid dienone is 2. The van der Waals surface area contributed by atoms with Gasteiger partial charge in [0.2, 0.25) is 0 Å². The highest BCUT2D eigenvalue weighted by atomic mass is 16.4. The van der Waals surface area contributed by atoms with E-state index in [4.69, 9.17) is 0 Å². The van der Waals surface area contributed by atoms with Crippen LogP contribution < -0.4 is 5.32 Å². The molecule has 0 aliphatic carbocycles. The first-order valence-electron chi connectivity index (χ1n) is 7.64. The minimum atomic E-state index is -1.16. The van der Waals surface area contributed by atoms with Crippen LogP contribution in [0.1, 0.15) is 48.7 Å². The number of nitrogens with zero attached hydrogens (tertiary/aromatic N) is 2. The second kappa shape index (κ2) is 7.42. The molecule has 0 spiro atoms. The molecule has 0 saturated carbocycles. The van der Waals surface area contributed by atoms with Gasteiger partial charge < -0.3 is 10.4 Å². The molecule has 1 aromatic carbocycles. The van der Waals surface area contributed by atoms with Crippen LogP contribution in [0.2, 0.25) is 0 Å². The van der Waals surface area contributed by atoms with E-state index in [1.54, 1.807) is 0 Å². The van der Waals surface area contributed by atoms with Crippen molar-refractivity contribution in [1.82, 2.24) is 4.98 Å². The lowest BCUT2D eigenvalue weighted by molar-refractivity contribution is 0.0696. The predicted octanol–water partition coefficient (Wildman–Crippen LogP) is 4.60. The number of hydrogen-bond donors (Lipinski definition) is 2. The molecule has 0 saturated heterocycles. The zero-order valence-electron chi connectivity index (χ0n) is 13.9. The zero-order chi connectivity index (χ0) is 17.7. The minimum absolute atomic E-state index is 0.0886. The zero-order valence-corrected chi connectivity index (χ0v) is 13.9. The molecule has 0 amide bonds. The lowest BCUT2D eigenvalue weighted by atomic mass is 9.94. The number of carboxylic acids is 1. The summed E-state index contributed by atoms with van der Waals surface area (Å²) in [5.41, 5.74) is 3.34. The fourth-order valence-corrected chi connectivity index (χ4v) is 2.39. The quantitative estimate of drug-likeness (QED) is 0.840. The van der Waals surface area contributed by atoms with Crippen LogP contribution in [0, 0.1) is 11.3 Å². The standard InChI is InChI=1S/C19H19N3O2/c1-4-12(2)13(3)17-15(10-20)16(19(23)24)11-21-18(17)22-14-8-6-5-7-9-14/h5-9,11H,4H2,1-3H3,(H,21,22)(H,23,24). The number of rotatable bonds is 5. The maximum absolute atomic E-state index is 11.4. The molecular weight excluding hydrogens is 302 g/mol. The lowest BCUT2D eigenvalue weighted by Gasteiger charge is -2.16. The third kappa shape index (κ3) is 3.44. The van der Waals surface area contributed by atoms with Crippen LogP contribution in [0.5, 0.6) is 0 Å². The van der Waals surface area contributed by atoms with Crippen molar-refractivity contribution in [2.24, 2.45) is 0 Å². The van der Waals surface area contributed by atoms with Crippen molar-refractivity contribution in [3.63, 3.8) is 0 Å². The number of nitriles is 1. The van der Waals surface area contributed by atoms with E-state index in [-0.39, 0.29) is 11.1 Å². The van der Waals surface area contributed by atoms with Gasteiger partial charge in [0.1, 0.15) is 11.9 Å². The van der Waals surface area contributed by atoms with Crippen molar-refractivity contribution < 1.29 is 9.90 Å². The lowest BCUT2D eigenvalue weighted by Crippen LogP contribution is -2.08. The summed E-state index contributed by atoms with van der Waals surface area (Å²) in [6.07, 6.45) is 2.03. The molecule has 0 aliphatic heterocycles. The van der Waals surface area contributed by atoms with Crippen molar-refractivity contribution in [1.29, 1.82) is 5.26 Å². The van der Waals surface area contributed by atoms with Gasteiger partial charge in [0.05, 0.1) is 11.1 Å². The fourth-order valence-electron chi connectivity index (χ4n) is 2.39. The molecule has 1 heterocycles. The Morgan fingerprint density at radius 2 is 1.96 bits per heavy atom. The van der Waals surface area contributed by atoms with Crippen LogP contribution in [0.15, 0.2) is 42.1 Å². The number of aromatic nitrogens is 1. The van der Waals surface area contributed by atoms with Crippen LogP contribution in [0.25, 0.3) is 5.57 Å². The minimum Gasteiger partial charge on any atom is -0.478 e. The Bertz CT molecular complexity index is 834. The van der Waals surface area contributed by atoms with E-state index in [0.29, 0.717) is 11.4 Å². The molecule has 0 bridgehead atoms. The molecule has 0 fully saturated rings. The number of anilines is 2. The number of carbonyl (C=O) groups is 1. The van der Waals surface area contributed by atoms with Gasteiger partial charge in [-0.15, -0.1) is 0 Å². The van der Waals surface area contributed by atoms with Crippen LogP contribution in [-0.2, 0) is 0 Å². The Kier molecular flexibility index (Phi) is 5.33. The van der Waals surface area contributed by atoms with Crippen LogP contribution >= 0.6 is 0 Å². The Morgan fingerprint density at radius 3 is 2.50 bits per heavy atom. The third-order valence-corrected chi connectivity index (χ3v) is 4.00. The number of hydrogen-bond acceptors (Lipinski definition) is 4. The van der Waals surface area contributed by atoms with Crippen molar-refractivity contribution in [2.75, 3.05) is 5.32 Å². The molecule has 5 heteroatoms. The van der Waals surface area contributed by atoms with Crippen molar-refractivity contribution in [2.45, 2.75) is 27.2 Å². The summed E-state index contributed by atoms with van der Waals surface area (Å²) >= 11 is 0. The van der Waals surface area contributed by atoms with Gasteiger partial charge in [0.25, 0.3) is 0 Å². The van der Waals surface area contributed by atoms with Crippen LogP contribution in [0.3, 0.4) is 0 Å². The molecule has 2 N–H and O–H groups in total. The summed E-state index contributed by atoms with van der Waals surface area (Å²) in [6.45, 7) is 5.87. The molecule has 0 aliphatic rings. The van der Waals surface area contributed by atoms with E-state index in [2.05, 4.69) is 10.3 Å². The maximum atomic E-state index is 11.4. The largest absolute Gasteiger partial charge is 0.478 e. The van der Waals surface area contributed by atoms with Gasteiger partial charge in [-0.05, 0) is 38.0 Å². The number of pyridine rings is 1. The second-order valence-corrected chi connectivity index (χ2v) is 5.44. The van der Waals surface area contributed by atoms with Gasteiger partial charge in [-0.25, -0.2) is 9.78 Å². The Hall–Kier alpha value is -3.13. The normalized spacial score (nSPS) is 11.4. The van der Waals surface area contributed by atoms with Gasteiger partial charge >= 0.3 is 5.97 Å². The monoisotopic (exact) mass is 321 g/mol. The average molecular weight is 321 g/mol. The molecule has 2 aromatic rings. The van der Waals surface area contributed by atoms with Crippen molar-refractivity contribution >= 4 is 23.0 Å². The Balaban J connectivity index is 2.71. The molecule has 122 valence electrons. The summed E-state index contributed by atoms with van der Waals surface area (Å²) in [5.74, 6) is -0.679. The SMILES string of the molecule is CCC(C)=C(C)c1c(Nc2ccccc2)ncc(C(=O)O)c1C#N. The molecule has 0 radical (unpaired) electrons. The predicted molar refractivity (Wildman–Crippen MR) is 94.2 cm³/mol. The van der Waals surface area contributed by atoms with Crippen LogP contribution in [0.4, 0.5) is 11.5 Å². The number of aromatic carboxylic acids is 1. The van der Waals surface area contributed by atoms with E-state index in [0.717, 1.165) is 23.3 Å². The average Bonchev–Trinajstić information content (AvgIpc) is 2.60. The number of benzene rings is 1. The fraction of sp³-hybridized carbons (Fsp3) is 0.211. The van der Waals surface area contributed by atoms with Gasteiger partial charge in [-0.2, -0.15) is 5.26 Å². The van der Waals surface area contributed by atoms with E-state index in [9.17, 15) is 15.2 Å². The van der Waals surface area contributed by atoms with Gasteiger partial charge in [0.15, 0.2) is 0 Å². The van der Waals surface area contributed by atoms with E-state index in [1.807, 2.05) is 57.2 Å². The highest BCUT2D eigenvalue weighted by molar-refractivity contribution is 5.94. The first-order valence-corrected chi connectivity index (χ1v) is 7.64. The summed E-state index contributed by atoms with van der Waals surface area (Å²) in [5, 5.41) is 22.1. The first-order chi connectivity index (χ1) is 11.5. The maximum Gasteiger partial charge on any atom is 0.338 e. The summed E-state index contributed by atoms with van der Waals surface area (Å²) in [4.78, 5) is 15.7. The van der Waals surface area contributed by atoms with E-state index >= 15 is 0 Å². The number of nitrogens with one attached hydrogen (secondary N) is 1. The first kappa shape index (κ1) is 17.2. The molecular formula is C19H19N3O2. The van der Waals surface area contributed by atoms with E-state index in [1.165, 1.54) is 6.20 Å². The number of carboxylic acid groups (broad SMARTS) is 1. The highest BCUT2D eigenvalue weighted by Gasteiger charge is 2.21. The van der Waals surface area contributed by atoms with Crippen molar-refractivity contribution in [3.05, 3.63) is 58.8 Å². The molecule has 24 heavy (non-hydrogen) atoms.